The molecule has 0 heterocycles. The summed E-state index contributed by atoms with van der Waals surface area (Å²) in [5.41, 5.74) is 1.95. The molecule has 0 saturated heterocycles. The van der Waals surface area contributed by atoms with Gasteiger partial charge >= 0.3 is 12.4 Å². The Labute approximate surface area is 116 Å². The van der Waals surface area contributed by atoms with E-state index >= 15 is 0 Å². The second kappa shape index (κ2) is 6.18. The van der Waals surface area contributed by atoms with Crippen molar-refractivity contribution < 1.29 is 30.7 Å². The Morgan fingerprint density at radius 2 is 1.62 bits per heavy atom. The summed E-state index contributed by atoms with van der Waals surface area (Å²) in [6.45, 7) is 1.46. The number of benzene rings is 1. The molecule has 0 aliphatic carbocycles. The molecule has 0 spiro atoms. The summed E-state index contributed by atoms with van der Waals surface area (Å²) in [5.74, 6) is 0.470. The van der Waals surface area contributed by atoms with Crippen molar-refractivity contribution in [3.8, 4) is 0 Å². The summed E-state index contributed by atoms with van der Waals surface area (Å²) in [4.78, 5) is 0. The van der Waals surface area contributed by atoms with Crippen LogP contribution in [0.2, 0.25) is 0 Å². The Morgan fingerprint density at radius 3 is 2.05 bits per heavy atom. The van der Waals surface area contributed by atoms with E-state index in [-0.39, 0.29) is 5.56 Å². The average molecular weight is 318 g/mol. The molecule has 0 aliphatic heterocycles. The van der Waals surface area contributed by atoms with Crippen LogP contribution in [-0.2, 0) is 6.42 Å². The molecule has 2 nitrogen and oxygen atoms in total. The maximum atomic E-state index is 13.1. The van der Waals surface area contributed by atoms with Crippen molar-refractivity contribution in [3.05, 3.63) is 35.1 Å². The van der Waals surface area contributed by atoms with Gasteiger partial charge in [-0.3, -0.25) is 11.3 Å². The maximum Gasteiger partial charge on any atom is 0.402 e. The van der Waals surface area contributed by atoms with Gasteiger partial charge in [0.25, 0.3) is 0 Å². The van der Waals surface area contributed by atoms with Gasteiger partial charge < -0.3 is 0 Å². The van der Waals surface area contributed by atoms with Gasteiger partial charge in [0.2, 0.25) is 0 Å². The van der Waals surface area contributed by atoms with E-state index in [1.807, 2.05) is 0 Å². The lowest BCUT2D eigenvalue weighted by Crippen LogP contribution is -2.54. The fraction of sp³-hybridized carbons (Fsp3) is 0.500. The highest BCUT2D eigenvalue weighted by Crippen LogP contribution is 2.42. The molecule has 1 aromatic carbocycles. The Morgan fingerprint density at radius 1 is 1.10 bits per heavy atom. The van der Waals surface area contributed by atoms with Crippen LogP contribution in [0.25, 0.3) is 0 Å². The first-order valence-corrected chi connectivity index (χ1v) is 5.81. The maximum absolute atomic E-state index is 13.1. The van der Waals surface area contributed by atoms with E-state index in [9.17, 15) is 30.7 Å². The van der Waals surface area contributed by atoms with Crippen LogP contribution in [0.3, 0.4) is 0 Å². The zero-order valence-corrected chi connectivity index (χ0v) is 10.8. The molecule has 1 unspecified atom stereocenters. The van der Waals surface area contributed by atoms with E-state index in [1.165, 1.54) is 13.0 Å². The largest absolute Gasteiger partial charge is 0.402 e. The van der Waals surface area contributed by atoms with Gasteiger partial charge in [-0.1, -0.05) is 6.07 Å². The van der Waals surface area contributed by atoms with Crippen LogP contribution in [0.5, 0.6) is 0 Å². The quantitative estimate of drug-likeness (QED) is 0.508. The second-order valence-electron chi connectivity index (χ2n) is 4.61. The van der Waals surface area contributed by atoms with Crippen molar-refractivity contribution in [2.45, 2.75) is 31.7 Å². The van der Waals surface area contributed by atoms with Gasteiger partial charge in [-0.05, 0) is 36.6 Å². The molecule has 1 rings (SSSR count). The van der Waals surface area contributed by atoms with Crippen molar-refractivity contribution in [2.24, 2.45) is 11.8 Å². The number of rotatable bonds is 4. The van der Waals surface area contributed by atoms with Crippen LogP contribution in [0.4, 0.5) is 30.7 Å². The smallest absolute Gasteiger partial charge is 0.271 e. The number of aryl methyl sites for hydroxylation is 1. The molecule has 1 atom stereocenters. The lowest BCUT2D eigenvalue weighted by molar-refractivity contribution is -0.291. The van der Waals surface area contributed by atoms with Crippen LogP contribution in [0.15, 0.2) is 18.2 Å². The summed E-state index contributed by atoms with van der Waals surface area (Å²) < 4.78 is 89.0. The number of hydrazine groups is 1. The fourth-order valence-electron chi connectivity index (χ4n) is 2.01. The highest BCUT2D eigenvalue weighted by atomic mass is 19.4. The first-order valence-electron chi connectivity index (χ1n) is 5.81. The number of halogens is 7. The van der Waals surface area contributed by atoms with Crippen molar-refractivity contribution in [1.29, 1.82) is 0 Å². The van der Waals surface area contributed by atoms with Crippen molar-refractivity contribution in [2.75, 3.05) is 0 Å². The van der Waals surface area contributed by atoms with Gasteiger partial charge in [0, 0.05) is 6.04 Å². The van der Waals surface area contributed by atoms with E-state index in [2.05, 4.69) is 0 Å². The molecule has 21 heavy (non-hydrogen) atoms. The van der Waals surface area contributed by atoms with Crippen LogP contribution in [-0.4, -0.2) is 18.4 Å². The van der Waals surface area contributed by atoms with E-state index in [0.717, 1.165) is 12.1 Å². The van der Waals surface area contributed by atoms with Gasteiger partial charge in [-0.15, -0.1) is 0 Å². The minimum atomic E-state index is -5.52. The highest BCUT2D eigenvalue weighted by molar-refractivity contribution is 5.27. The average Bonchev–Trinajstić information content (AvgIpc) is 2.29. The fourth-order valence-corrected chi connectivity index (χ4v) is 2.01. The van der Waals surface area contributed by atoms with Gasteiger partial charge in [0.05, 0.1) is 0 Å². The summed E-state index contributed by atoms with van der Waals surface area (Å²) in [6, 6.07) is 1.08. The van der Waals surface area contributed by atoms with Gasteiger partial charge in [-0.2, -0.15) is 26.3 Å². The Bertz CT molecular complexity index is 467. The Kier molecular flexibility index (Phi) is 5.21. The number of nitrogens with one attached hydrogen (secondary N) is 1. The summed E-state index contributed by atoms with van der Waals surface area (Å²) in [5, 5.41) is 0. The van der Waals surface area contributed by atoms with E-state index in [4.69, 9.17) is 5.84 Å². The molecule has 0 saturated carbocycles. The molecule has 0 amide bonds. The standard InChI is InChI=1S/C12H13F7N2/c1-6-2-3-8(13)4-7(6)5-9(21-20)10(11(14,15)16)12(17,18)19/h2-4,9-10,21H,5,20H2,1H3. The molecule has 0 radical (unpaired) electrons. The molecular formula is C12H13F7N2. The van der Waals surface area contributed by atoms with Crippen LogP contribution in [0.1, 0.15) is 11.1 Å². The normalized spacial score (nSPS) is 14.6. The van der Waals surface area contributed by atoms with E-state index in [0.29, 0.717) is 5.56 Å². The van der Waals surface area contributed by atoms with Crippen LogP contribution >= 0.6 is 0 Å². The number of nitrogens with two attached hydrogens (primary N) is 1. The molecule has 0 aromatic heterocycles. The minimum Gasteiger partial charge on any atom is -0.271 e. The third-order valence-corrected chi connectivity index (χ3v) is 3.07. The molecule has 1 aromatic rings. The third-order valence-electron chi connectivity index (χ3n) is 3.07. The number of alkyl halides is 6. The van der Waals surface area contributed by atoms with Crippen LogP contribution in [0, 0.1) is 18.7 Å². The third kappa shape index (κ3) is 4.57. The van der Waals surface area contributed by atoms with Crippen molar-refractivity contribution >= 4 is 0 Å². The molecular weight excluding hydrogens is 305 g/mol. The van der Waals surface area contributed by atoms with E-state index < -0.39 is 36.6 Å². The Balaban J connectivity index is 3.13. The minimum absolute atomic E-state index is 0.0245. The molecule has 0 fully saturated rings. The van der Waals surface area contributed by atoms with Gasteiger partial charge in [0.15, 0.2) is 5.92 Å². The molecule has 9 heteroatoms. The lowest BCUT2D eigenvalue weighted by Gasteiger charge is -2.30. The first-order chi connectivity index (χ1) is 9.46. The molecule has 0 aliphatic rings. The topological polar surface area (TPSA) is 38.0 Å². The molecule has 3 N–H and O–H groups in total. The predicted molar refractivity (Wildman–Crippen MR) is 61.6 cm³/mol. The summed E-state index contributed by atoms with van der Waals surface area (Å²) in [6.07, 6.45) is -11.7. The summed E-state index contributed by atoms with van der Waals surface area (Å²) >= 11 is 0. The number of hydrogen-bond donors (Lipinski definition) is 2. The first kappa shape index (κ1) is 17.7. The predicted octanol–water partition coefficient (Wildman–Crippen LogP) is 3.25. The lowest BCUT2D eigenvalue weighted by atomic mass is 9.91. The molecule has 120 valence electrons. The van der Waals surface area contributed by atoms with Crippen LogP contribution < -0.4 is 11.3 Å². The monoisotopic (exact) mass is 318 g/mol. The highest BCUT2D eigenvalue weighted by Gasteiger charge is 2.60. The summed E-state index contributed by atoms with van der Waals surface area (Å²) in [7, 11) is 0. The van der Waals surface area contributed by atoms with Crippen molar-refractivity contribution in [3.63, 3.8) is 0 Å². The zero-order chi connectivity index (χ0) is 16.4. The zero-order valence-electron chi connectivity index (χ0n) is 10.8. The molecule has 0 bridgehead atoms. The van der Waals surface area contributed by atoms with E-state index in [1.54, 1.807) is 5.43 Å². The Hall–Kier alpha value is -1.35. The SMILES string of the molecule is Cc1ccc(F)cc1CC(NN)C(C(F)(F)F)C(F)(F)F. The number of hydrogen-bond acceptors (Lipinski definition) is 2. The van der Waals surface area contributed by atoms with Crippen molar-refractivity contribution in [1.82, 2.24) is 5.43 Å². The second-order valence-corrected chi connectivity index (χ2v) is 4.61. The van der Waals surface area contributed by atoms with Gasteiger partial charge in [0.1, 0.15) is 5.82 Å². The van der Waals surface area contributed by atoms with Gasteiger partial charge in [-0.25, -0.2) is 4.39 Å².